The summed E-state index contributed by atoms with van der Waals surface area (Å²) in [5, 5.41) is 13.6. The second-order valence-electron chi connectivity index (χ2n) is 11.5. The number of pyridine rings is 1. The first-order valence-electron chi connectivity index (χ1n) is 14.3. The highest BCUT2D eigenvalue weighted by molar-refractivity contribution is 6.35. The predicted molar refractivity (Wildman–Crippen MR) is 166 cm³/mol. The number of halogens is 2. The summed E-state index contributed by atoms with van der Waals surface area (Å²) in [5.74, 6) is -0.0664. The molecule has 224 valence electrons. The van der Waals surface area contributed by atoms with E-state index in [-0.39, 0.29) is 30.5 Å². The number of piperidine rings is 1. The number of hydrogen-bond donors (Lipinski definition) is 1. The highest BCUT2D eigenvalue weighted by Gasteiger charge is 2.35. The topological polar surface area (TPSA) is 112 Å². The van der Waals surface area contributed by atoms with Crippen LogP contribution in [0.1, 0.15) is 28.9 Å². The molecule has 0 atom stereocenters. The van der Waals surface area contributed by atoms with Crippen LogP contribution in [0.25, 0.3) is 21.8 Å². The number of likely N-dealkylation sites (tertiary alicyclic amines) is 1. The lowest BCUT2D eigenvalue weighted by Crippen LogP contribution is -2.54. The molecule has 2 fully saturated rings. The second-order valence-corrected chi connectivity index (χ2v) is 12.3. The summed E-state index contributed by atoms with van der Waals surface area (Å²) in [6.07, 6.45) is 2.16. The number of amides is 2. The Balaban J connectivity index is 1.00. The van der Waals surface area contributed by atoms with Crippen molar-refractivity contribution in [2.75, 3.05) is 45.8 Å². The molecular formula is C31H32Cl2N6O4. The molecule has 4 aromatic rings. The molecule has 12 heteroatoms. The van der Waals surface area contributed by atoms with E-state index in [2.05, 4.69) is 14.9 Å². The fraction of sp³-hybridized carbons (Fsp3) is 0.387. The molecule has 0 unspecified atom stereocenters. The first-order valence-corrected chi connectivity index (χ1v) is 15.1. The molecule has 2 aromatic carbocycles. The van der Waals surface area contributed by atoms with Crippen molar-refractivity contribution < 1.29 is 14.7 Å². The first-order chi connectivity index (χ1) is 20.6. The number of rotatable bonds is 5. The highest BCUT2D eigenvalue weighted by Crippen LogP contribution is 2.26. The molecule has 0 radical (unpaired) electrons. The molecule has 2 amide bonds. The number of carbonyl (C=O) groups is 2. The van der Waals surface area contributed by atoms with Crippen molar-refractivity contribution in [1.82, 2.24) is 29.2 Å². The van der Waals surface area contributed by atoms with Crippen LogP contribution in [-0.2, 0) is 11.3 Å². The van der Waals surface area contributed by atoms with Gasteiger partial charge in [-0.05, 0) is 56.2 Å². The largest absolute Gasteiger partial charge is 0.388 e. The number of fused-ring (bicyclic) bond motifs is 2. The van der Waals surface area contributed by atoms with E-state index in [1.807, 2.05) is 13.0 Å². The van der Waals surface area contributed by atoms with Gasteiger partial charge in [-0.15, -0.1) is 0 Å². The van der Waals surface area contributed by atoms with Crippen molar-refractivity contribution >= 4 is 56.8 Å². The van der Waals surface area contributed by atoms with Crippen molar-refractivity contribution in [3.63, 3.8) is 0 Å². The van der Waals surface area contributed by atoms with E-state index in [9.17, 15) is 19.5 Å². The van der Waals surface area contributed by atoms with Crippen LogP contribution in [0.15, 0.2) is 53.6 Å². The van der Waals surface area contributed by atoms with Gasteiger partial charge in [0.1, 0.15) is 0 Å². The molecule has 2 aliphatic heterocycles. The minimum Gasteiger partial charge on any atom is -0.388 e. The number of aryl methyl sites for hydroxylation is 1. The van der Waals surface area contributed by atoms with Crippen molar-refractivity contribution in [2.45, 2.75) is 31.9 Å². The van der Waals surface area contributed by atoms with Crippen LogP contribution in [0.3, 0.4) is 0 Å². The summed E-state index contributed by atoms with van der Waals surface area (Å²) in [7, 11) is 0. The van der Waals surface area contributed by atoms with Crippen LogP contribution >= 0.6 is 23.2 Å². The average Bonchev–Trinajstić information content (AvgIpc) is 2.98. The minimum absolute atomic E-state index is 0.00361. The highest BCUT2D eigenvalue weighted by atomic mass is 35.5. The molecule has 2 aliphatic rings. The second kappa shape index (κ2) is 11.8. The van der Waals surface area contributed by atoms with Gasteiger partial charge in [0.15, 0.2) is 0 Å². The standard InChI is InChI=1S/C31H32Cl2N6O4/c1-20-14-25(33)23-4-2-21(15-27(23)35-20)29(41)38-12-10-36(11-13-38)17-28(40)37-8-6-31(43,7-9-37)18-39-19-34-26-16-22(32)3-5-24(26)30(39)42/h2-5,14-16,19,43H,6-13,17-18H2,1H3. The Labute approximate surface area is 258 Å². The van der Waals surface area contributed by atoms with E-state index in [1.165, 1.54) is 10.9 Å². The van der Waals surface area contributed by atoms with E-state index < -0.39 is 5.60 Å². The third-order valence-corrected chi connectivity index (χ3v) is 9.00. The van der Waals surface area contributed by atoms with Gasteiger partial charge in [-0.1, -0.05) is 29.3 Å². The zero-order valence-electron chi connectivity index (χ0n) is 23.8. The molecule has 2 saturated heterocycles. The van der Waals surface area contributed by atoms with Crippen molar-refractivity contribution in [3.05, 3.63) is 80.4 Å². The number of hydrogen-bond acceptors (Lipinski definition) is 7. The Bertz CT molecular complexity index is 1780. The molecule has 2 aromatic heterocycles. The van der Waals surface area contributed by atoms with E-state index in [0.29, 0.717) is 84.1 Å². The van der Waals surface area contributed by atoms with Gasteiger partial charge in [-0.3, -0.25) is 28.8 Å². The number of nitrogens with zero attached hydrogens (tertiary/aromatic N) is 6. The maximum atomic E-state index is 13.2. The van der Waals surface area contributed by atoms with Gasteiger partial charge in [0.05, 0.1) is 46.5 Å². The van der Waals surface area contributed by atoms with Crippen molar-refractivity contribution in [2.24, 2.45) is 0 Å². The van der Waals surface area contributed by atoms with Crippen LogP contribution in [0.2, 0.25) is 10.0 Å². The van der Waals surface area contributed by atoms with Crippen LogP contribution in [0.4, 0.5) is 0 Å². The lowest BCUT2D eigenvalue weighted by atomic mass is 9.91. The Morgan fingerprint density at radius 3 is 2.37 bits per heavy atom. The van der Waals surface area contributed by atoms with E-state index in [0.717, 1.165) is 11.1 Å². The molecular weight excluding hydrogens is 591 g/mol. The average molecular weight is 624 g/mol. The first kappa shape index (κ1) is 29.5. The van der Waals surface area contributed by atoms with Gasteiger partial charge < -0.3 is 14.9 Å². The van der Waals surface area contributed by atoms with Crippen LogP contribution in [0.5, 0.6) is 0 Å². The molecule has 0 aliphatic carbocycles. The fourth-order valence-electron chi connectivity index (χ4n) is 5.92. The van der Waals surface area contributed by atoms with E-state index in [4.69, 9.17) is 23.2 Å². The summed E-state index contributed by atoms with van der Waals surface area (Å²) in [4.78, 5) is 53.7. The van der Waals surface area contributed by atoms with Crippen LogP contribution < -0.4 is 5.56 Å². The van der Waals surface area contributed by atoms with Crippen LogP contribution in [0, 0.1) is 6.92 Å². The maximum absolute atomic E-state index is 13.2. The molecule has 0 bridgehead atoms. The summed E-state index contributed by atoms with van der Waals surface area (Å²) in [6, 6.07) is 12.1. The van der Waals surface area contributed by atoms with E-state index in [1.54, 1.807) is 46.2 Å². The minimum atomic E-state index is -1.11. The molecule has 6 rings (SSSR count). The van der Waals surface area contributed by atoms with Gasteiger partial charge in [0.2, 0.25) is 5.91 Å². The van der Waals surface area contributed by atoms with Gasteiger partial charge in [0, 0.05) is 60.9 Å². The van der Waals surface area contributed by atoms with Crippen molar-refractivity contribution in [3.8, 4) is 0 Å². The molecule has 1 N–H and O–H groups in total. The molecule has 43 heavy (non-hydrogen) atoms. The third kappa shape index (κ3) is 6.24. The number of benzene rings is 2. The zero-order valence-corrected chi connectivity index (χ0v) is 25.3. The summed E-state index contributed by atoms with van der Waals surface area (Å²) in [6.45, 7) is 5.26. The van der Waals surface area contributed by atoms with Gasteiger partial charge >= 0.3 is 0 Å². The lowest BCUT2D eigenvalue weighted by molar-refractivity contribution is -0.137. The Morgan fingerprint density at radius 1 is 0.907 bits per heavy atom. The SMILES string of the molecule is Cc1cc(Cl)c2ccc(C(=O)N3CCN(CC(=O)N4CCC(O)(Cn5cnc6cc(Cl)ccc6c5=O)CC4)CC3)cc2n1. The Morgan fingerprint density at radius 2 is 1.63 bits per heavy atom. The van der Waals surface area contributed by atoms with Gasteiger partial charge in [0.25, 0.3) is 11.5 Å². The predicted octanol–water partition coefficient (Wildman–Crippen LogP) is 3.37. The number of aromatic nitrogens is 3. The molecule has 10 nitrogen and oxygen atoms in total. The van der Waals surface area contributed by atoms with Gasteiger partial charge in [-0.25, -0.2) is 4.98 Å². The summed E-state index contributed by atoms with van der Waals surface area (Å²) >= 11 is 12.3. The van der Waals surface area contributed by atoms with Crippen LogP contribution in [-0.4, -0.2) is 97.6 Å². The maximum Gasteiger partial charge on any atom is 0.261 e. The summed E-state index contributed by atoms with van der Waals surface area (Å²) < 4.78 is 1.43. The molecule has 0 saturated carbocycles. The normalized spacial score (nSPS) is 17.5. The number of piperazine rings is 1. The number of carbonyl (C=O) groups excluding carboxylic acids is 2. The Kier molecular flexibility index (Phi) is 8.12. The van der Waals surface area contributed by atoms with Gasteiger partial charge in [-0.2, -0.15) is 0 Å². The zero-order chi connectivity index (χ0) is 30.3. The number of aliphatic hydroxyl groups is 1. The third-order valence-electron chi connectivity index (χ3n) is 8.45. The molecule has 0 spiro atoms. The summed E-state index contributed by atoms with van der Waals surface area (Å²) in [5.41, 5.74) is 1.22. The van der Waals surface area contributed by atoms with Crippen molar-refractivity contribution in [1.29, 1.82) is 0 Å². The Hall–Kier alpha value is -3.57. The van der Waals surface area contributed by atoms with E-state index >= 15 is 0 Å². The smallest absolute Gasteiger partial charge is 0.261 e. The quantitative estimate of drug-likeness (QED) is 0.363. The lowest BCUT2D eigenvalue weighted by Gasteiger charge is -2.40. The molecule has 4 heterocycles. The monoisotopic (exact) mass is 622 g/mol. The fourth-order valence-corrected chi connectivity index (χ4v) is 6.40.